The minimum Gasteiger partial charge on any atom is -0.497 e. The molecule has 0 amide bonds. The lowest BCUT2D eigenvalue weighted by molar-refractivity contribution is -0.124. The van der Waals surface area contributed by atoms with E-state index in [0.29, 0.717) is 5.75 Å². The Morgan fingerprint density at radius 3 is 2.67 bits per heavy atom. The van der Waals surface area contributed by atoms with Crippen molar-refractivity contribution in [3.63, 3.8) is 0 Å². The largest absolute Gasteiger partial charge is 0.497 e. The molecule has 0 radical (unpaired) electrons. The lowest BCUT2D eigenvalue weighted by Gasteiger charge is -2.15. The Hall–Kier alpha value is -1.45. The Morgan fingerprint density at radius 2 is 2.13 bits per heavy atom. The molecule has 0 spiro atoms. The first kappa shape index (κ1) is 11.6. The van der Waals surface area contributed by atoms with Gasteiger partial charge in [0.05, 0.1) is 13.5 Å². The van der Waals surface area contributed by atoms with Crippen molar-refractivity contribution in [2.24, 2.45) is 0 Å². The fourth-order valence-corrected chi connectivity index (χ4v) is 1.27. The van der Waals surface area contributed by atoms with Crippen molar-refractivity contribution in [3.8, 4) is 5.75 Å². The first-order chi connectivity index (χ1) is 6.95. The molecule has 0 heterocycles. The van der Waals surface area contributed by atoms with Crippen LogP contribution in [0.15, 0.2) is 24.3 Å². The van der Waals surface area contributed by atoms with E-state index in [9.17, 15) is 13.6 Å². The van der Waals surface area contributed by atoms with Gasteiger partial charge in [0.1, 0.15) is 11.5 Å². The zero-order chi connectivity index (χ0) is 11.5. The zero-order valence-electron chi connectivity index (χ0n) is 8.59. The van der Waals surface area contributed by atoms with Crippen molar-refractivity contribution < 1.29 is 18.3 Å². The molecule has 0 aromatic heterocycles. The van der Waals surface area contributed by atoms with Crippen molar-refractivity contribution in [2.75, 3.05) is 7.11 Å². The van der Waals surface area contributed by atoms with E-state index in [2.05, 4.69) is 0 Å². The van der Waals surface area contributed by atoms with Crippen LogP contribution in [0.5, 0.6) is 5.75 Å². The molecule has 1 aromatic rings. The zero-order valence-corrected chi connectivity index (χ0v) is 8.59. The molecule has 0 saturated heterocycles. The number of rotatable bonds is 4. The predicted octanol–water partition coefficient (Wildman–Crippen LogP) is 2.77. The van der Waals surface area contributed by atoms with Crippen molar-refractivity contribution >= 4 is 5.78 Å². The van der Waals surface area contributed by atoms with Crippen LogP contribution in [0.2, 0.25) is 0 Å². The van der Waals surface area contributed by atoms with Crippen LogP contribution in [-0.2, 0) is 10.7 Å². The van der Waals surface area contributed by atoms with Gasteiger partial charge in [-0.25, -0.2) is 8.78 Å². The van der Waals surface area contributed by atoms with E-state index in [0.717, 1.165) is 6.92 Å². The van der Waals surface area contributed by atoms with E-state index in [-0.39, 0.29) is 5.56 Å². The highest BCUT2D eigenvalue weighted by Crippen LogP contribution is 2.33. The van der Waals surface area contributed by atoms with Crippen molar-refractivity contribution in [2.45, 2.75) is 19.3 Å². The third-order valence-corrected chi connectivity index (χ3v) is 1.96. The molecule has 0 bridgehead atoms. The number of ether oxygens (including phenoxy) is 1. The summed E-state index contributed by atoms with van der Waals surface area (Å²) in [4.78, 5) is 10.7. The van der Waals surface area contributed by atoms with Crippen molar-refractivity contribution in [1.82, 2.24) is 0 Å². The van der Waals surface area contributed by atoms with Crippen LogP contribution < -0.4 is 4.74 Å². The first-order valence-electron chi connectivity index (χ1n) is 4.47. The molecule has 2 nitrogen and oxygen atoms in total. The van der Waals surface area contributed by atoms with E-state index >= 15 is 0 Å². The second-order valence-corrected chi connectivity index (χ2v) is 3.32. The molecule has 0 saturated carbocycles. The molecule has 0 aliphatic carbocycles. The van der Waals surface area contributed by atoms with E-state index in [1.807, 2.05) is 0 Å². The lowest BCUT2D eigenvalue weighted by atomic mass is 10.0. The number of ketones is 1. The summed E-state index contributed by atoms with van der Waals surface area (Å²) < 4.78 is 31.7. The van der Waals surface area contributed by atoms with Gasteiger partial charge in [0.15, 0.2) is 0 Å². The summed E-state index contributed by atoms with van der Waals surface area (Å²) >= 11 is 0. The number of hydrogen-bond acceptors (Lipinski definition) is 2. The Morgan fingerprint density at radius 1 is 1.47 bits per heavy atom. The van der Waals surface area contributed by atoms with E-state index in [1.165, 1.54) is 25.3 Å². The van der Waals surface area contributed by atoms with Crippen LogP contribution in [0, 0.1) is 0 Å². The van der Waals surface area contributed by atoms with Gasteiger partial charge in [-0.15, -0.1) is 0 Å². The van der Waals surface area contributed by atoms with Gasteiger partial charge < -0.3 is 4.74 Å². The molecule has 1 rings (SSSR count). The molecular weight excluding hydrogens is 202 g/mol. The third-order valence-electron chi connectivity index (χ3n) is 1.96. The highest BCUT2D eigenvalue weighted by molar-refractivity contribution is 5.76. The Bertz CT molecular complexity index is 361. The monoisotopic (exact) mass is 214 g/mol. The Kier molecular flexibility index (Phi) is 3.39. The molecule has 82 valence electrons. The number of methoxy groups -OCH3 is 1. The molecule has 0 N–H and O–H groups in total. The molecule has 15 heavy (non-hydrogen) atoms. The van der Waals surface area contributed by atoms with Crippen LogP contribution in [0.3, 0.4) is 0 Å². The fraction of sp³-hybridized carbons (Fsp3) is 0.364. The number of halogens is 2. The topological polar surface area (TPSA) is 26.3 Å². The molecule has 0 fully saturated rings. The SMILES string of the molecule is COc1cccc(C(F)(F)CC(C)=O)c1. The van der Waals surface area contributed by atoms with Gasteiger partial charge in [0, 0.05) is 5.56 Å². The Labute approximate surface area is 86.9 Å². The molecule has 0 aliphatic rings. The summed E-state index contributed by atoms with van der Waals surface area (Å²) in [6.45, 7) is 1.15. The fourth-order valence-electron chi connectivity index (χ4n) is 1.27. The van der Waals surface area contributed by atoms with Gasteiger partial charge in [-0.3, -0.25) is 4.79 Å². The van der Waals surface area contributed by atoms with E-state index in [4.69, 9.17) is 4.74 Å². The third kappa shape index (κ3) is 3.01. The van der Waals surface area contributed by atoms with Crippen LogP contribution in [0.25, 0.3) is 0 Å². The normalized spacial score (nSPS) is 11.2. The summed E-state index contributed by atoms with van der Waals surface area (Å²) in [7, 11) is 1.40. The maximum absolute atomic E-state index is 13.4. The van der Waals surface area contributed by atoms with Gasteiger partial charge in [-0.1, -0.05) is 12.1 Å². The molecule has 0 aliphatic heterocycles. The summed E-state index contributed by atoms with van der Waals surface area (Å²) in [6, 6.07) is 5.57. The van der Waals surface area contributed by atoms with Gasteiger partial charge in [0.25, 0.3) is 5.92 Å². The highest BCUT2D eigenvalue weighted by atomic mass is 19.3. The molecule has 0 atom stereocenters. The Balaban J connectivity index is 2.98. The van der Waals surface area contributed by atoms with E-state index in [1.54, 1.807) is 6.07 Å². The average Bonchev–Trinajstić information content (AvgIpc) is 2.16. The molecule has 1 aromatic carbocycles. The second-order valence-electron chi connectivity index (χ2n) is 3.32. The van der Waals surface area contributed by atoms with Crippen LogP contribution in [0.4, 0.5) is 8.78 Å². The molecule has 0 unspecified atom stereocenters. The predicted molar refractivity (Wildman–Crippen MR) is 52.2 cm³/mol. The molecule has 4 heteroatoms. The van der Waals surface area contributed by atoms with Crippen molar-refractivity contribution in [1.29, 1.82) is 0 Å². The van der Waals surface area contributed by atoms with Crippen molar-refractivity contribution in [3.05, 3.63) is 29.8 Å². The number of hydrogen-bond donors (Lipinski definition) is 0. The maximum atomic E-state index is 13.4. The lowest BCUT2D eigenvalue weighted by Crippen LogP contribution is -2.17. The maximum Gasteiger partial charge on any atom is 0.280 e. The average molecular weight is 214 g/mol. The summed E-state index contributed by atoms with van der Waals surface area (Å²) in [5.41, 5.74) is -0.197. The minimum absolute atomic E-state index is 0.197. The first-order valence-corrected chi connectivity index (χ1v) is 4.47. The van der Waals surface area contributed by atoms with E-state index < -0.39 is 18.1 Å². The van der Waals surface area contributed by atoms with Crippen LogP contribution >= 0.6 is 0 Å². The highest BCUT2D eigenvalue weighted by Gasteiger charge is 2.33. The summed E-state index contributed by atoms with van der Waals surface area (Å²) in [5.74, 6) is -3.31. The van der Waals surface area contributed by atoms with Gasteiger partial charge in [-0.05, 0) is 19.1 Å². The van der Waals surface area contributed by atoms with Gasteiger partial charge in [0.2, 0.25) is 0 Å². The summed E-state index contributed by atoms with van der Waals surface area (Å²) in [5, 5.41) is 0. The molecular formula is C11H12F2O2. The number of alkyl halides is 2. The standard InChI is InChI=1S/C11H12F2O2/c1-8(14)7-11(12,13)9-4-3-5-10(6-9)15-2/h3-6H,7H2,1-2H3. The van der Waals surface area contributed by atoms with Gasteiger partial charge in [-0.2, -0.15) is 0 Å². The summed E-state index contributed by atoms with van der Waals surface area (Å²) in [6.07, 6.45) is -0.778. The second kappa shape index (κ2) is 4.38. The van der Waals surface area contributed by atoms with Crippen LogP contribution in [0.1, 0.15) is 18.9 Å². The van der Waals surface area contributed by atoms with Gasteiger partial charge >= 0.3 is 0 Å². The smallest absolute Gasteiger partial charge is 0.280 e. The number of carbonyl (C=O) groups is 1. The quantitative estimate of drug-likeness (QED) is 0.770. The number of benzene rings is 1. The number of carbonyl (C=O) groups excluding carboxylic acids is 1. The number of Topliss-reactive ketones (excluding diaryl/α,β-unsaturated/α-hetero) is 1. The van der Waals surface area contributed by atoms with Crippen LogP contribution in [-0.4, -0.2) is 12.9 Å². The minimum atomic E-state index is -3.12.